The molecule has 35 heavy (non-hydrogen) atoms. The fourth-order valence-corrected chi connectivity index (χ4v) is 4.37. The number of rotatable bonds is 6. The summed E-state index contributed by atoms with van der Waals surface area (Å²) in [6.07, 6.45) is 1.56. The summed E-state index contributed by atoms with van der Waals surface area (Å²) in [6.45, 7) is 2.47. The van der Waals surface area contributed by atoms with E-state index in [1.54, 1.807) is 5.48 Å². The Balaban J connectivity index is 1.25. The Morgan fingerprint density at radius 2 is 2.00 bits per heavy atom. The molecule has 2 amide bonds. The number of amides is 2. The SMILES string of the molecule is Cc1cc(COc2ccc(CC(=O)N3Cc4ocnc4CC3C(=O)NO)cc2)c2ccccc2n1. The van der Waals surface area contributed by atoms with Crippen molar-refractivity contribution in [2.75, 3.05) is 0 Å². The fourth-order valence-electron chi connectivity index (χ4n) is 4.37. The van der Waals surface area contributed by atoms with Crippen LogP contribution in [0.25, 0.3) is 10.9 Å². The molecule has 0 saturated heterocycles. The number of aromatic nitrogens is 2. The van der Waals surface area contributed by atoms with Crippen molar-refractivity contribution in [1.29, 1.82) is 0 Å². The number of ether oxygens (including phenoxy) is 1. The van der Waals surface area contributed by atoms with Crippen LogP contribution in [0.1, 0.15) is 28.3 Å². The minimum Gasteiger partial charge on any atom is -0.489 e. The lowest BCUT2D eigenvalue weighted by atomic mass is 10.0. The number of hydroxylamine groups is 1. The molecule has 9 nitrogen and oxygen atoms in total. The van der Waals surface area contributed by atoms with Crippen molar-refractivity contribution in [3.8, 4) is 5.75 Å². The largest absolute Gasteiger partial charge is 0.489 e. The lowest BCUT2D eigenvalue weighted by molar-refractivity contribution is -0.145. The first-order chi connectivity index (χ1) is 17.0. The highest BCUT2D eigenvalue weighted by molar-refractivity contribution is 5.88. The van der Waals surface area contributed by atoms with Gasteiger partial charge < -0.3 is 14.1 Å². The van der Waals surface area contributed by atoms with Gasteiger partial charge in [0.1, 0.15) is 24.2 Å². The van der Waals surface area contributed by atoms with E-state index in [4.69, 9.17) is 14.4 Å². The Labute approximate surface area is 201 Å². The summed E-state index contributed by atoms with van der Waals surface area (Å²) in [7, 11) is 0. The molecule has 1 atom stereocenters. The van der Waals surface area contributed by atoms with Gasteiger partial charge in [0.05, 0.1) is 24.2 Å². The normalized spacial score (nSPS) is 15.0. The molecule has 0 spiro atoms. The van der Waals surface area contributed by atoms with Gasteiger partial charge in [0.2, 0.25) is 5.91 Å². The zero-order valence-electron chi connectivity index (χ0n) is 19.1. The van der Waals surface area contributed by atoms with Crippen molar-refractivity contribution in [2.45, 2.75) is 39.0 Å². The van der Waals surface area contributed by atoms with Crippen molar-refractivity contribution >= 4 is 22.7 Å². The van der Waals surface area contributed by atoms with Crippen LogP contribution in [0.3, 0.4) is 0 Å². The van der Waals surface area contributed by atoms with E-state index in [1.807, 2.05) is 61.5 Å². The van der Waals surface area contributed by atoms with Crippen LogP contribution in [0.5, 0.6) is 5.75 Å². The number of oxazole rings is 1. The van der Waals surface area contributed by atoms with Crippen molar-refractivity contribution in [3.63, 3.8) is 0 Å². The lowest BCUT2D eigenvalue weighted by Crippen LogP contribution is -2.52. The van der Waals surface area contributed by atoms with Gasteiger partial charge in [-0.2, -0.15) is 0 Å². The first kappa shape index (κ1) is 22.5. The van der Waals surface area contributed by atoms with Crippen molar-refractivity contribution in [2.24, 2.45) is 0 Å². The number of hydrogen-bond acceptors (Lipinski definition) is 7. The van der Waals surface area contributed by atoms with Gasteiger partial charge in [-0.3, -0.25) is 19.8 Å². The average Bonchev–Trinajstić information content (AvgIpc) is 3.34. The number of pyridine rings is 1. The highest BCUT2D eigenvalue weighted by atomic mass is 16.5. The molecule has 5 rings (SSSR count). The summed E-state index contributed by atoms with van der Waals surface area (Å²) < 4.78 is 11.3. The maximum Gasteiger partial charge on any atom is 0.266 e. The summed E-state index contributed by atoms with van der Waals surface area (Å²) in [4.78, 5) is 35.3. The summed E-state index contributed by atoms with van der Waals surface area (Å²) >= 11 is 0. The molecular formula is C26H24N4O5. The van der Waals surface area contributed by atoms with E-state index in [1.165, 1.54) is 11.3 Å². The standard InChI is InChI=1S/C26H24N4O5/c1-16-10-18(20-4-2-3-5-21(20)28-16)14-34-19-8-6-17(7-9-19)11-25(31)30-13-24-22(27-15-35-24)12-23(30)26(32)29-33/h2-10,15,23,33H,11-14H2,1H3,(H,29,32). The average molecular weight is 473 g/mol. The molecule has 1 aliphatic rings. The number of nitrogens with one attached hydrogen (secondary N) is 1. The highest BCUT2D eigenvalue weighted by Gasteiger charge is 2.36. The Morgan fingerprint density at radius 3 is 2.80 bits per heavy atom. The number of aryl methyl sites for hydroxylation is 1. The predicted octanol–water partition coefficient (Wildman–Crippen LogP) is 3.11. The van der Waals surface area contributed by atoms with Gasteiger partial charge in [-0.15, -0.1) is 0 Å². The molecule has 0 saturated carbocycles. The molecule has 2 aromatic carbocycles. The van der Waals surface area contributed by atoms with Gasteiger partial charge in [0.25, 0.3) is 5.91 Å². The van der Waals surface area contributed by atoms with E-state index in [0.717, 1.165) is 27.7 Å². The molecule has 0 radical (unpaired) electrons. The summed E-state index contributed by atoms with van der Waals surface area (Å²) in [5, 5.41) is 10.2. The first-order valence-corrected chi connectivity index (χ1v) is 11.2. The van der Waals surface area contributed by atoms with Crippen molar-refractivity contribution in [1.82, 2.24) is 20.3 Å². The molecule has 4 aromatic rings. The third-order valence-corrected chi connectivity index (χ3v) is 6.14. The second kappa shape index (κ2) is 9.55. The predicted molar refractivity (Wildman–Crippen MR) is 125 cm³/mol. The van der Waals surface area contributed by atoms with Crippen LogP contribution in [-0.4, -0.2) is 37.9 Å². The summed E-state index contributed by atoms with van der Waals surface area (Å²) in [6, 6.07) is 16.4. The molecule has 1 aliphatic heterocycles. The van der Waals surface area contributed by atoms with Crippen LogP contribution in [0.2, 0.25) is 0 Å². The number of fused-ring (bicyclic) bond motifs is 2. The highest BCUT2D eigenvalue weighted by Crippen LogP contribution is 2.25. The van der Waals surface area contributed by atoms with E-state index in [9.17, 15) is 9.59 Å². The van der Waals surface area contributed by atoms with E-state index in [0.29, 0.717) is 23.8 Å². The lowest BCUT2D eigenvalue weighted by Gasteiger charge is -2.32. The van der Waals surface area contributed by atoms with Gasteiger partial charge in [-0.1, -0.05) is 30.3 Å². The smallest absolute Gasteiger partial charge is 0.266 e. The van der Waals surface area contributed by atoms with Crippen LogP contribution >= 0.6 is 0 Å². The van der Waals surface area contributed by atoms with Gasteiger partial charge >= 0.3 is 0 Å². The zero-order valence-corrected chi connectivity index (χ0v) is 19.1. The molecule has 0 fully saturated rings. The molecular weight excluding hydrogens is 448 g/mol. The van der Waals surface area contributed by atoms with Crippen LogP contribution < -0.4 is 10.2 Å². The van der Waals surface area contributed by atoms with Crippen LogP contribution in [0.15, 0.2) is 65.4 Å². The molecule has 9 heteroatoms. The molecule has 2 aromatic heterocycles. The van der Waals surface area contributed by atoms with Gasteiger partial charge in [-0.25, -0.2) is 10.5 Å². The van der Waals surface area contributed by atoms with Gasteiger partial charge in [-0.05, 0) is 36.8 Å². The molecule has 3 heterocycles. The van der Waals surface area contributed by atoms with E-state index >= 15 is 0 Å². The topological polar surface area (TPSA) is 118 Å². The maximum absolute atomic E-state index is 13.0. The second-order valence-corrected chi connectivity index (χ2v) is 8.49. The minimum atomic E-state index is -0.855. The van der Waals surface area contributed by atoms with E-state index in [2.05, 4.69) is 9.97 Å². The number of para-hydroxylation sites is 1. The fraction of sp³-hybridized carbons (Fsp3) is 0.231. The van der Waals surface area contributed by atoms with Gasteiger partial charge in [0, 0.05) is 23.1 Å². The van der Waals surface area contributed by atoms with E-state index < -0.39 is 11.9 Å². The number of benzene rings is 2. The Morgan fingerprint density at radius 1 is 1.20 bits per heavy atom. The van der Waals surface area contributed by atoms with Gasteiger partial charge in [0.15, 0.2) is 6.39 Å². The minimum absolute atomic E-state index is 0.0904. The monoisotopic (exact) mass is 472 g/mol. The summed E-state index contributed by atoms with van der Waals surface area (Å²) in [5.74, 6) is 0.312. The molecule has 1 unspecified atom stereocenters. The first-order valence-electron chi connectivity index (χ1n) is 11.2. The van der Waals surface area contributed by atoms with Crippen LogP contribution in [0.4, 0.5) is 0 Å². The van der Waals surface area contributed by atoms with Crippen LogP contribution in [-0.2, 0) is 35.6 Å². The number of hydrogen-bond donors (Lipinski definition) is 2. The molecule has 2 N–H and O–H groups in total. The Kier molecular flexibility index (Phi) is 6.15. The third-order valence-electron chi connectivity index (χ3n) is 6.14. The molecule has 0 bridgehead atoms. The number of carbonyl (C=O) groups excluding carboxylic acids is 2. The third kappa shape index (κ3) is 4.71. The van der Waals surface area contributed by atoms with Crippen LogP contribution in [0, 0.1) is 6.92 Å². The number of carbonyl (C=O) groups is 2. The van der Waals surface area contributed by atoms with Crippen molar-refractivity contribution < 1.29 is 24.0 Å². The quantitative estimate of drug-likeness (QED) is 0.327. The Bertz CT molecular complexity index is 1380. The van der Waals surface area contributed by atoms with Crippen molar-refractivity contribution in [3.05, 3.63) is 89.3 Å². The molecule has 178 valence electrons. The van der Waals surface area contributed by atoms with E-state index in [-0.39, 0.29) is 25.3 Å². The second-order valence-electron chi connectivity index (χ2n) is 8.49. The summed E-state index contributed by atoms with van der Waals surface area (Å²) in [5.41, 5.74) is 5.95. The molecule has 0 aliphatic carbocycles. The Hall–Kier alpha value is -4.24. The number of nitrogens with zero attached hydrogens (tertiary/aromatic N) is 3. The maximum atomic E-state index is 13.0. The zero-order chi connectivity index (χ0) is 24.4.